The zero-order valence-corrected chi connectivity index (χ0v) is 13.1. The molecule has 0 aliphatic carbocycles. The Bertz CT molecular complexity index is 793. The highest BCUT2D eigenvalue weighted by atomic mass is 35.5. The smallest absolute Gasteiger partial charge is 0.314 e. The molecular formula is C15H11Cl2N3O3. The number of hydrogen-bond donors (Lipinski definition) is 3. The second kappa shape index (κ2) is 7.13. The first-order chi connectivity index (χ1) is 10.9. The fourth-order valence-corrected chi connectivity index (χ4v) is 2.21. The number of hydrogen-bond acceptors (Lipinski definition) is 3. The molecule has 118 valence electrons. The summed E-state index contributed by atoms with van der Waals surface area (Å²) in [6.45, 7) is 0. The van der Waals surface area contributed by atoms with E-state index in [2.05, 4.69) is 10.6 Å². The van der Waals surface area contributed by atoms with Crippen molar-refractivity contribution in [3.05, 3.63) is 58.1 Å². The molecule has 0 heterocycles. The van der Waals surface area contributed by atoms with Crippen molar-refractivity contribution in [3.8, 4) is 0 Å². The fraction of sp³-hybridized carbons (Fsp3) is 0. The Morgan fingerprint density at radius 3 is 2.09 bits per heavy atom. The number of carbonyl (C=O) groups excluding carboxylic acids is 3. The van der Waals surface area contributed by atoms with Gasteiger partial charge in [0.2, 0.25) is 0 Å². The molecule has 2 rings (SSSR count). The molecular weight excluding hydrogens is 341 g/mol. The number of benzene rings is 2. The Labute approximate surface area is 141 Å². The minimum absolute atomic E-state index is 0.0955. The Morgan fingerprint density at radius 1 is 0.870 bits per heavy atom. The van der Waals surface area contributed by atoms with Crippen molar-refractivity contribution >= 4 is 52.3 Å². The normalized spacial score (nSPS) is 10.0. The van der Waals surface area contributed by atoms with Crippen LogP contribution in [0.5, 0.6) is 0 Å². The maximum atomic E-state index is 11.9. The van der Waals surface area contributed by atoms with Gasteiger partial charge in [0.1, 0.15) is 0 Å². The molecule has 2 aromatic carbocycles. The van der Waals surface area contributed by atoms with Crippen molar-refractivity contribution in [3.63, 3.8) is 0 Å². The molecule has 3 amide bonds. The van der Waals surface area contributed by atoms with Crippen LogP contribution in [-0.2, 0) is 9.59 Å². The molecule has 0 spiro atoms. The minimum atomic E-state index is -0.968. The quantitative estimate of drug-likeness (QED) is 0.740. The number of anilines is 2. The number of nitrogens with two attached hydrogens (primary N) is 1. The standard InChI is InChI=1S/C15H11Cl2N3O3/c16-8-5-6-12(10(17)7-8)20-15(23)14(22)19-11-4-2-1-3-9(11)13(18)21/h1-7H,(H2,18,21)(H,19,22)(H,20,23). The molecule has 2 aromatic rings. The van der Waals surface area contributed by atoms with Crippen molar-refractivity contribution < 1.29 is 14.4 Å². The summed E-state index contributed by atoms with van der Waals surface area (Å²) >= 11 is 11.7. The largest absolute Gasteiger partial charge is 0.366 e. The zero-order chi connectivity index (χ0) is 17.0. The molecule has 0 saturated heterocycles. The SMILES string of the molecule is NC(=O)c1ccccc1NC(=O)C(=O)Nc1ccc(Cl)cc1Cl. The summed E-state index contributed by atoms with van der Waals surface area (Å²) in [4.78, 5) is 35.1. The van der Waals surface area contributed by atoms with Crippen molar-refractivity contribution in [1.29, 1.82) is 0 Å². The van der Waals surface area contributed by atoms with Gasteiger partial charge in [0.05, 0.1) is 22.0 Å². The van der Waals surface area contributed by atoms with E-state index in [0.717, 1.165) is 0 Å². The zero-order valence-electron chi connectivity index (χ0n) is 11.6. The van der Waals surface area contributed by atoms with E-state index in [-0.39, 0.29) is 22.0 Å². The summed E-state index contributed by atoms with van der Waals surface area (Å²) in [5, 5.41) is 5.26. The molecule has 0 bridgehead atoms. The van der Waals surface area contributed by atoms with Gasteiger partial charge in [-0.25, -0.2) is 0 Å². The summed E-state index contributed by atoms with van der Waals surface area (Å²) in [6.07, 6.45) is 0. The maximum absolute atomic E-state index is 11.9. The summed E-state index contributed by atoms with van der Waals surface area (Å²) in [7, 11) is 0. The minimum Gasteiger partial charge on any atom is -0.366 e. The first-order valence-corrected chi connectivity index (χ1v) is 7.10. The predicted molar refractivity (Wildman–Crippen MR) is 88.7 cm³/mol. The average Bonchev–Trinajstić information content (AvgIpc) is 2.50. The van der Waals surface area contributed by atoms with Gasteiger partial charge in [-0.05, 0) is 30.3 Å². The van der Waals surface area contributed by atoms with E-state index in [1.807, 2.05) is 0 Å². The van der Waals surface area contributed by atoms with Gasteiger partial charge in [-0.3, -0.25) is 14.4 Å². The summed E-state index contributed by atoms with van der Waals surface area (Å²) in [5.41, 5.74) is 5.68. The Hall–Kier alpha value is -2.57. The first kappa shape index (κ1) is 16.8. The lowest BCUT2D eigenvalue weighted by molar-refractivity contribution is -0.133. The van der Waals surface area contributed by atoms with E-state index < -0.39 is 17.7 Å². The van der Waals surface area contributed by atoms with Gasteiger partial charge in [-0.15, -0.1) is 0 Å². The molecule has 0 aromatic heterocycles. The predicted octanol–water partition coefficient (Wildman–Crippen LogP) is 2.67. The van der Waals surface area contributed by atoms with Crippen LogP contribution in [0, 0.1) is 0 Å². The molecule has 4 N–H and O–H groups in total. The van der Waals surface area contributed by atoms with Crippen LogP contribution < -0.4 is 16.4 Å². The molecule has 0 atom stereocenters. The van der Waals surface area contributed by atoms with Gasteiger partial charge >= 0.3 is 11.8 Å². The van der Waals surface area contributed by atoms with E-state index in [0.29, 0.717) is 5.02 Å². The van der Waals surface area contributed by atoms with E-state index >= 15 is 0 Å². The van der Waals surface area contributed by atoms with Crippen LogP contribution >= 0.6 is 23.2 Å². The van der Waals surface area contributed by atoms with Crippen molar-refractivity contribution in [2.75, 3.05) is 10.6 Å². The van der Waals surface area contributed by atoms with Crippen LogP contribution in [0.15, 0.2) is 42.5 Å². The van der Waals surface area contributed by atoms with Gasteiger partial charge in [0, 0.05) is 5.02 Å². The highest BCUT2D eigenvalue weighted by Crippen LogP contribution is 2.25. The number of amides is 3. The van der Waals surface area contributed by atoms with Crippen LogP contribution in [0.2, 0.25) is 10.0 Å². The average molecular weight is 352 g/mol. The molecule has 23 heavy (non-hydrogen) atoms. The monoisotopic (exact) mass is 351 g/mol. The molecule has 8 heteroatoms. The maximum Gasteiger partial charge on any atom is 0.314 e. The molecule has 6 nitrogen and oxygen atoms in total. The van der Waals surface area contributed by atoms with Gasteiger partial charge < -0.3 is 16.4 Å². The topological polar surface area (TPSA) is 101 Å². The lowest BCUT2D eigenvalue weighted by atomic mass is 10.1. The number of primary amides is 1. The van der Waals surface area contributed by atoms with Gasteiger partial charge in [0.25, 0.3) is 5.91 Å². The summed E-state index contributed by atoms with van der Waals surface area (Å²) < 4.78 is 0. The van der Waals surface area contributed by atoms with Crippen LogP contribution in [0.1, 0.15) is 10.4 Å². The summed E-state index contributed by atoms with van der Waals surface area (Å²) in [6, 6.07) is 10.5. The fourth-order valence-electron chi connectivity index (χ4n) is 1.76. The second-order valence-corrected chi connectivity index (χ2v) is 5.29. The third kappa shape index (κ3) is 4.21. The number of rotatable bonds is 3. The molecule has 0 unspecified atom stereocenters. The third-order valence-electron chi connectivity index (χ3n) is 2.83. The van der Waals surface area contributed by atoms with Gasteiger partial charge in [0.15, 0.2) is 0 Å². The first-order valence-electron chi connectivity index (χ1n) is 6.34. The van der Waals surface area contributed by atoms with Crippen molar-refractivity contribution in [1.82, 2.24) is 0 Å². The molecule has 0 saturated carbocycles. The lowest BCUT2D eigenvalue weighted by Gasteiger charge is -2.10. The van der Waals surface area contributed by atoms with E-state index in [4.69, 9.17) is 28.9 Å². The summed E-state index contributed by atoms with van der Waals surface area (Å²) in [5.74, 6) is -2.64. The number of nitrogens with one attached hydrogen (secondary N) is 2. The Morgan fingerprint density at radius 2 is 1.48 bits per heavy atom. The third-order valence-corrected chi connectivity index (χ3v) is 3.37. The van der Waals surface area contributed by atoms with Crippen molar-refractivity contribution in [2.24, 2.45) is 5.73 Å². The number of para-hydroxylation sites is 1. The van der Waals surface area contributed by atoms with Gasteiger partial charge in [-0.1, -0.05) is 35.3 Å². The van der Waals surface area contributed by atoms with Crippen LogP contribution in [0.4, 0.5) is 11.4 Å². The van der Waals surface area contributed by atoms with Gasteiger partial charge in [-0.2, -0.15) is 0 Å². The van der Waals surface area contributed by atoms with E-state index in [1.54, 1.807) is 12.1 Å². The molecule has 0 aliphatic heterocycles. The molecule has 0 fully saturated rings. The van der Waals surface area contributed by atoms with E-state index in [9.17, 15) is 14.4 Å². The van der Waals surface area contributed by atoms with Crippen molar-refractivity contribution in [2.45, 2.75) is 0 Å². The lowest BCUT2D eigenvalue weighted by Crippen LogP contribution is -2.30. The number of carbonyl (C=O) groups is 3. The second-order valence-electron chi connectivity index (χ2n) is 4.44. The Balaban J connectivity index is 2.12. The number of halogens is 2. The molecule has 0 radical (unpaired) electrons. The van der Waals surface area contributed by atoms with Crippen LogP contribution in [0.25, 0.3) is 0 Å². The van der Waals surface area contributed by atoms with Crippen LogP contribution in [0.3, 0.4) is 0 Å². The van der Waals surface area contributed by atoms with Crippen LogP contribution in [-0.4, -0.2) is 17.7 Å². The molecule has 0 aliphatic rings. The highest BCUT2D eigenvalue weighted by Gasteiger charge is 2.18. The Kier molecular flexibility index (Phi) is 5.20. The van der Waals surface area contributed by atoms with E-state index in [1.165, 1.54) is 30.3 Å². The highest BCUT2D eigenvalue weighted by molar-refractivity contribution is 6.45.